The molecule has 1 amide bonds. The zero-order chi connectivity index (χ0) is 16.4. The van der Waals surface area contributed by atoms with Gasteiger partial charge in [0.1, 0.15) is 5.54 Å². The molecule has 1 aromatic carbocycles. The normalized spacial score (nSPS) is 21.0. The van der Waals surface area contributed by atoms with Crippen molar-refractivity contribution in [2.75, 3.05) is 19.7 Å². The predicted octanol–water partition coefficient (Wildman–Crippen LogP) is 3.46. The summed E-state index contributed by atoms with van der Waals surface area (Å²) < 4.78 is 6.93. The molecule has 1 heterocycles. The summed E-state index contributed by atoms with van der Waals surface area (Å²) in [4.78, 5) is 14.7. The minimum atomic E-state index is -0.984. The zero-order valence-electron chi connectivity index (χ0n) is 14.0. The van der Waals surface area contributed by atoms with E-state index in [1.54, 1.807) is 6.92 Å². The minimum absolute atomic E-state index is 0. The van der Waals surface area contributed by atoms with Gasteiger partial charge in [0.05, 0.1) is 6.10 Å². The maximum Gasteiger partial charge on any atom is 0.246 e. The van der Waals surface area contributed by atoms with Gasteiger partial charge in [-0.1, -0.05) is 28.1 Å². The number of ether oxygens (including phenoxy) is 1. The molecule has 3 rings (SSSR count). The van der Waals surface area contributed by atoms with Crippen molar-refractivity contribution in [2.45, 2.75) is 44.2 Å². The average Bonchev–Trinajstić information content (AvgIpc) is 3.37. The molecule has 0 aromatic heterocycles. The van der Waals surface area contributed by atoms with Crippen molar-refractivity contribution in [3.63, 3.8) is 0 Å². The summed E-state index contributed by atoms with van der Waals surface area (Å²) in [6, 6.07) is 7.66. The molecule has 1 saturated heterocycles. The van der Waals surface area contributed by atoms with E-state index in [9.17, 15) is 4.79 Å². The van der Waals surface area contributed by atoms with E-state index in [1.807, 2.05) is 29.2 Å². The Balaban J connectivity index is 0.00000208. The molecule has 24 heavy (non-hydrogen) atoms. The second-order valence-electron chi connectivity index (χ2n) is 6.98. The molecule has 1 aliphatic carbocycles. The summed E-state index contributed by atoms with van der Waals surface area (Å²) in [5, 5.41) is 0. The number of piperidine rings is 1. The van der Waals surface area contributed by atoms with Gasteiger partial charge in [-0.05, 0) is 56.2 Å². The number of rotatable bonds is 5. The monoisotopic (exact) mass is 416 g/mol. The van der Waals surface area contributed by atoms with E-state index >= 15 is 0 Å². The van der Waals surface area contributed by atoms with Crippen molar-refractivity contribution in [1.29, 1.82) is 0 Å². The van der Waals surface area contributed by atoms with E-state index in [0.717, 1.165) is 48.5 Å². The molecule has 2 aliphatic rings. The highest BCUT2D eigenvalue weighted by molar-refractivity contribution is 9.10. The molecule has 1 saturated carbocycles. The Bertz CT molecular complexity index is 553. The maximum atomic E-state index is 12.8. The SMILES string of the molecule is CC(N)(C(=O)N1CCC(OCC2CC2)CC1)c1ccc(Br)cc1.Cl. The van der Waals surface area contributed by atoms with E-state index in [1.165, 1.54) is 12.8 Å². The second-order valence-corrected chi connectivity index (χ2v) is 7.89. The van der Waals surface area contributed by atoms with Gasteiger partial charge in [-0.2, -0.15) is 0 Å². The molecule has 0 bridgehead atoms. The molecule has 6 heteroatoms. The lowest BCUT2D eigenvalue weighted by Gasteiger charge is -2.37. The highest BCUT2D eigenvalue weighted by atomic mass is 79.9. The van der Waals surface area contributed by atoms with Crippen LogP contribution < -0.4 is 5.73 Å². The summed E-state index contributed by atoms with van der Waals surface area (Å²) in [5.74, 6) is 0.792. The smallest absolute Gasteiger partial charge is 0.246 e. The number of hydrogen-bond donors (Lipinski definition) is 1. The first-order valence-corrected chi connectivity index (χ1v) is 9.22. The molecule has 1 atom stereocenters. The van der Waals surface area contributed by atoms with Crippen LogP contribution in [0.5, 0.6) is 0 Å². The Labute approximate surface area is 158 Å². The molecule has 0 radical (unpaired) electrons. The predicted molar refractivity (Wildman–Crippen MR) is 101 cm³/mol. The molecule has 0 spiro atoms. The number of halogens is 2. The summed E-state index contributed by atoms with van der Waals surface area (Å²) in [6.07, 6.45) is 4.76. The van der Waals surface area contributed by atoms with Crippen molar-refractivity contribution < 1.29 is 9.53 Å². The van der Waals surface area contributed by atoms with E-state index in [0.29, 0.717) is 6.10 Å². The second kappa shape index (κ2) is 8.17. The van der Waals surface area contributed by atoms with Gasteiger partial charge < -0.3 is 15.4 Å². The molecule has 2 N–H and O–H groups in total. The molecule has 1 aromatic rings. The van der Waals surface area contributed by atoms with Crippen molar-refractivity contribution >= 4 is 34.2 Å². The third-order valence-electron chi connectivity index (χ3n) is 4.88. The Kier molecular flexibility index (Phi) is 6.71. The number of hydrogen-bond acceptors (Lipinski definition) is 3. The van der Waals surface area contributed by atoms with Gasteiger partial charge in [-0.3, -0.25) is 4.79 Å². The fraction of sp³-hybridized carbons (Fsp3) is 0.611. The Morgan fingerprint density at radius 1 is 1.25 bits per heavy atom. The Hall–Kier alpha value is -0.620. The van der Waals surface area contributed by atoms with E-state index in [-0.39, 0.29) is 18.3 Å². The summed E-state index contributed by atoms with van der Waals surface area (Å²) in [5.41, 5.74) is 6.23. The Morgan fingerprint density at radius 2 is 1.83 bits per heavy atom. The lowest BCUT2D eigenvalue weighted by atomic mass is 9.90. The van der Waals surface area contributed by atoms with Gasteiger partial charge in [0, 0.05) is 24.2 Å². The van der Waals surface area contributed by atoms with Gasteiger partial charge in [-0.15, -0.1) is 12.4 Å². The van der Waals surface area contributed by atoms with Gasteiger partial charge in [0.15, 0.2) is 0 Å². The Morgan fingerprint density at radius 3 is 2.38 bits per heavy atom. The molecular weight excluding hydrogens is 392 g/mol. The van der Waals surface area contributed by atoms with E-state index in [2.05, 4.69) is 15.9 Å². The van der Waals surface area contributed by atoms with Crippen LogP contribution in [0.2, 0.25) is 0 Å². The molecular formula is C18H26BrClN2O2. The van der Waals surface area contributed by atoms with Gasteiger partial charge >= 0.3 is 0 Å². The van der Waals surface area contributed by atoms with Gasteiger partial charge in [-0.25, -0.2) is 0 Å². The van der Waals surface area contributed by atoms with Crippen molar-refractivity contribution in [1.82, 2.24) is 4.90 Å². The number of amides is 1. The fourth-order valence-electron chi connectivity index (χ4n) is 3.03. The van der Waals surface area contributed by atoms with Crippen molar-refractivity contribution in [3.05, 3.63) is 34.3 Å². The quantitative estimate of drug-likeness (QED) is 0.798. The lowest BCUT2D eigenvalue weighted by Crippen LogP contribution is -2.53. The van der Waals surface area contributed by atoms with E-state index < -0.39 is 5.54 Å². The third-order valence-corrected chi connectivity index (χ3v) is 5.41. The van der Waals surface area contributed by atoms with Crippen LogP contribution in [0.25, 0.3) is 0 Å². The van der Waals surface area contributed by atoms with Gasteiger partial charge in [0.2, 0.25) is 5.91 Å². The van der Waals surface area contributed by atoms with Crippen LogP contribution in [0.1, 0.15) is 38.2 Å². The maximum absolute atomic E-state index is 12.8. The lowest BCUT2D eigenvalue weighted by molar-refractivity contribution is -0.139. The first-order valence-electron chi connectivity index (χ1n) is 8.42. The van der Waals surface area contributed by atoms with Gasteiger partial charge in [0.25, 0.3) is 0 Å². The van der Waals surface area contributed by atoms with Crippen molar-refractivity contribution in [3.8, 4) is 0 Å². The number of likely N-dealkylation sites (tertiary alicyclic amines) is 1. The molecule has 1 aliphatic heterocycles. The minimum Gasteiger partial charge on any atom is -0.378 e. The van der Waals surface area contributed by atoms with Crippen LogP contribution in [-0.2, 0) is 15.1 Å². The summed E-state index contributed by atoms with van der Waals surface area (Å²) >= 11 is 3.41. The van der Waals surface area contributed by atoms with Crippen LogP contribution in [0.15, 0.2) is 28.7 Å². The molecule has 2 fully saturated rings. The first-order chi connectivity index (χ1) is 11.0. The first kappa shape index (κ1) is 19.7. The van der Waals surface area contributed by atoms with Crippen LogP contribution >= 0.6 is 28.3 Å². The highest BCUT2D eigenvalue weighted by Gasteiger charge is 2.36. The number of benzene rings is 1. The number of nitrogens with zero attached hydrogens (tertiary/aromatic N) is 1. The number of carbonyl (C=O) groups is 1. The number of nitrogens with two attached hydrogens (primary N) is 1. The molecule has 4 nitrogen and oxygen atoms in total. The third kappa shape index (κ3) is 4.72. The fourth-order valence-corrected chi connectivity index (χ4v) is 3.29. The largest absolute Gasteiger partial charge is 0.378 e. The summed E-state index contributed by atoms with van der Waals surface area (Å²) in [6.45, 7) is 4.16. The molecule has 134 valence electrons. The van der Waals surface area contributed by atoms with Crippen LogP contribution in [0, 0.1) is 5.92 Å². The van der Waals surface area contributed by atoms with Crippen LogP contribution in [-0.4, -0.2) is 36.6 Å². The molecule has 1 unspecified atom stereocenters. The van der Waals surface area contributed by atoms with Crippen LogP contribution in [0.3, 0.4) is 0 Å². The van der Waals surface area contributed by atoms with Crippen molar-refractivity contribution in [2.24, 2.45) is 11.7 Å². The topological polar surface area (TPSA) is 55.6 Å². The zero-order valence-corrected chi connectivity index (χ0v) is 16.4. The number of carbonyl (C=O) groups excluding carboxylic acids is 1. The van der Waals surface area contributed by atoms with Crippen LogP contribution in [0.4, 0.5) is 0 Å². The summed E-state index contributed by atoms with van der Waals surface area (Å²) in [7, 11) is 0. The average molecular weight is 418 g/mol. The highest BCUT2D eigenvalue weighted by Crippen LogP contribution is 2.30. The standard InChI is InChI=1S/C18H25BrN2O2.ClH/c1-18(20,14-4-6-15(19)7-5-14)17(22)21-10-8-16(9-11-21)23-12-13-2-3-13;/h4-7,13,16H,2-3,8-12,20H2,1H3;1H. The van der Waals surface area contributed by atoms with E-state index in [4.69, 9.17) is 10.5 Å².